The lowest BCUT2D eigenvalue weighted by molar-refractivity contribution is 0.100. The highest BCUT2D eigenvalue weighted by molar-refractivity contribution is 6.16. The summed E-state index contributed by atoms with van der Waals surface area (Å²) in [6.45, 7) is 6.75. The molecule has 0 aromatic carbocycles. The molecule has 0 bridgehead atoms. The maximum Gasteiger partial charge on any atom is 0.158 e. The van der Waals surface area contributed by atoms with Gasteiger partial charge in [0.1, 0.15) is 11.3 Å². The molecule has 20 heavy (non-hydrogen) atoms. The van der Waals surface area contributed by atoms with Gasteiger partial charge >= 0.3 is 0 Å². The van der Waals surface area contributed by atoms with E-state index in [0.717, 1.165) is 48.8 Å². The molecule has 0 aliphatic carbocycles. The smallest absolute Gasteiger partial charge is 0.158 e. The minimum absolute atomic E-state index is 0.384. The number of alkyl halides is 1. The van der Waals surface area contributed by atoms with Gasteiger partial charge in [-0.05, 0) is 33.1 Å². The average Bonchev–Trinajstić information content (AvgIpc) is 3.14. The molecule has 110 valence electrons. The van der Waals surface area contributed by atoms with Gasteiger partial charge in [0.05, 0.1) is 17.7 Å². The summed E-state index contributed by atoms with van der Waals surface area (Å²) in [6, 6.07) is 0. The van der Waals surface area contributed by atoms with Crippen LogP contribution in [0.15, 0.2) is 0 Å². The third-order valence-electron chi connectivity index (χ3n) is 4.00. The highest BCUT2D eigenvalue weighted by Crippen LogP contribution is 2.23. The first-order valence-electron chi connectivity index (χ1n) is 7.34. The Morgan fingerprint density at radius 3 is 2.95 bits per heavy atom. The van der Waals surface area contributed by atoms with Gasteiger partial charge in [-0.15, -0.1) is 11.6 Å². The molecular weight excluding hydrogens is 276 g/mol. The van der Waals surface area contributed by atoms with Crippen molar-refractivity contribution in [2.75, 3.05) is 6.61 Å². The zero-order valence-electron chi connectivity index (χ0n) is 12.1. The number of rotatable bonds is 5. The molecule has 0 N–H and O–H groups in total. The minimum atomic E-state index is 0.384. The van der Waals surface area contributed by atoms with Crippen LogP contribution in [0.2, 0.25) is 0 Å². The summed E-state index contributed by atoms with van der Waals surface area (Å²) in [5, 5.41) is 4.54. The molecule has 2 aromatic heterocycles. The maximum atomic E-state index is 6.06. The Hall–Kier alpha value is -1.07. The van der Waals surface area contributed by atoms with Crippen LogP contribution >= 0.6 is 11.6 Å². The average molecular weight is 297 g/mol. The van der Waals surface area contributed by atoms with Crippen LogP contribution in [0, 0.1) is 6.92 Å². The van der Waals surface area contributed by atoms with Crippen molar-refractivity contribution in [3.8, 4) is 0 Å². The number of halogens is 1. The third kappa shape index (κ3) is 2.33. The van der Waals surface area contributed by atoms with Crippen molar-refractivity contribution >= 4 is 22.8 Å². The summed E-state index contributed by atoms with van der Waals surface area (Å²) in [7, 11) is 0. The molecule has 1 atom stereocenters. The number of fused-ring (bicyclic) bond motifs is 1. The lowest BCUT2D eigenvalue weighted by Crippen LogP contribution is -2.13. The lowest BCUT2D eigenvalue weighted by atomic mass is 10.2. The standard InChI is InChI=1S/C14H21ClN4O/c1-3-19-14-13(10(2)17-19)16-12(9-15)18(14)7-6-11-5-4-8-20-11/h11H,3-9H2,1-2H3. The summed E-state index contributed by atoms with van der Waals surface area (Å²) < 4.78 is 9.94. The predicted octanol–water partition coefficient (Wildman–Crippen LogP) is 2.87. The zero-order chi connectivity index (χ0) is 14.1. The Kier molecular flexibility index (Phi) is 3.98. The molecule has 6 heteroatoms. The number of nitrogens with zero attached hydrogens (tertiary/aromatic N) is 4. The second kappa shape index (κ2) is 5.74. The van der Waals surface area contributed by atoms with E-state index in [9.17, 15) is 0 Å². The van der Waals surface area contributed by atoms with Crippen molar-refractivity contribution in [1.29, 1.82) is 0 Å². The van der Waals surface area contributed by atoms with Crippen LogP contribution in [-0.2, 0) is 23.7 Å². The fourth-order valence-electron chi connectivity index (χ4n) is 2.97. The van der Waals surface area contributed by atoms with Gasteiger partial charge in [0.2, 0.25) is 0 Å². The first-order valence-corrected chi connectivity index (χ1v) is 7.88. The molecule has 1 aliphatic heterocycles. The van der Waals surface area contributed by atoms with Gasteiger partial charge in [-0.2, -0.15) is 5.10 Å². The maximum absolute atomic E-state index is 6.06. The van der Waals surface area contributed by atoms with E-state index in [1.165, 1.54) is 12.8 Å². The molecular formula is C14H21ClN4O. The van der Waals surface area contributed by atoms with E-state index in [4.69, 9.17) is 16.3 Å². The molecule has 1 unspecified atom stereocenters. The van der Waals surface area contributed by atoms with Gasteiger partial charge in [-0.3, -0.25) is 0 Å². The molecule has 1 saturated heterocycles. The Bertz CT molecular complexity index is 598. The number of aryl methyl sites for hydroxylation is 3. The van der Waals surface area contributed by atoms with Gasteiger partial charge in [0.15, 0.2) is 5.65 Å². The van der Waals surface area contributed by atoms with E-state index in [1.807, 2.05) is 11.6 Å². The summed E-state index contributed by atoms with van der Waals surface area (Å²) in [5.74, 6) is 1.37. The van der Waals surface area contributed by atoms with Crippen LogP contribution in [0.1, 0.15) is 37.7 Å². The molecule has 0 saturated carbocycles. The lowest BCUT2D eigenvalue weighted by Gasteiger charge is -2.12. The number of hydrogen-bond acceptors (Lipinski definition) is 3. The predicted molar refractivity (Wildman–Crippen MR) is 79.1 cm³/mol. The molecule has 1 aliphatic rings. The molecule has 5 nitrogen and oxygen atoms in total. The molecule has 0 amide bonds. The highest BCUT2D eigenvalue weighted by Gasteiger charge is 2.20. The highest BCUT2D eigenvalue weighted by atomic mass is 35.5. The van der Waals surface area contributed by atoms with Crippen molar-refractivity contribution in [3.63, 3.8) is 0 Å². The number of aromatic nitrogens is 4. The van der Waals surface area contributed by atoms with Gasteiger partial charge in [-0.1, -0.05) is 0 Å². The number of ether oxygens (including phenoxy) is 1. The summed E-state index contributed by atoms with van der Waals surface area (Å²) in [5.41, 5.74) is 3.05. The Labute approximate surface area is 123 Å². The van der Waals surface area contributed by atoms with Gasteiger partial charge in [0, 0.05) is 19.7 Å². The molecule has 0 radical (unpaired) electrons. The van der Waals surface area contributed by atoms with Crippen LogP contribution in [0.4, 0.5) is 0 Å². The second-order valence-corrected chi connectivity index (χ2v) is 5.58. The van der Waals surface area contributed by atoms with Gasteiger partial charge in [-0.25, -0.2) is 9.67 Å². The van der Waals surface area contributed by atoms with Crippen LogP contribution in [-0.4, -0.2) is 32.0 Å². The minimum Gasteiger partial charge on any atom is -0.378 e. The van der Waals surface area contributed by atoms with E-state index in [1.54, 1.807) is 0 Å². The van der Waals surface area contributed by atoms with E-state index >= 15 is 0 Å². The van der Waals surface area contributed by atoms with Crippen molar-refractivity contribution in [2.45, 2.75) is 58.2 Å². The van der Waals surface area contributed by atoms with Crippen LogP contribution in [0.3, 0.4) is 0 Å². The third-order valence-corrected chi connectivity index (χ3v) is 4.23. The fraction of sp³-hybridized carbons (Fsp3) is 0.714. The quantitative estimate of drug-likeness (QED) is 0.797. The Morgan fingerprint density at radius 2 is 2.30 bits per heavy atom. The zero-order valence-corrected chi connectivity index (χ0v) is 12.9. The monoisotopic (exact) mass is 296 g/mol. The van der Waals surface area contributed by atoms with E-state index in [-0.39, 0.29) is 0 Å². The van der Waals surface area contributed by atoms with Gasteiger partial charge < -0.3 is 9.30 Å². The molecule has 2 aromatic rings. The van der Waals surface area contributed by atoms with Crippen LogP contribution < -0.4 is 0 Å². The molecule has 3 heterocycles. The summed E-state index contributed by atoms with van der Waals surface area (Å²) in [6.07, 6.45) is 3.75. The van der Waals surface area contributed by atoms with Gasteiger partial charge in [0.25, 0.3) is 0 Å². The number of hydrogen-bond donors (Lipinski definition) is 0. The SMILES string of the molecule is CCn1nc(C)c2nc(CCl)n(CCC3CCCO3)c21. The van der Waals surface area contributed by atoms with E-state index < -0.39 is 0 Å². The molecule has 1 fully saturated rings. The van der Waals surface area contributed by atoms with Crippen LogP contribution in [0.5, 0.6) is 0 Å². The largest absolute Gasteiger partial charge is 0.378 e. The Morgan fingerprint density at radius 1 is 1.45 bits per heavy atom. The first kappa shape index (κ1) is 13.9. The Balaban J connectivity index is 1.93. The fourth-order valence-corrected chi connectivity index (χ4v) is 3.18. The summed E-state index contributed by atoms with van der Waals surface area (Å²) >= 11 is 6.06. The van der Waals surface area contributed by atoms with Crippen LogP contribution in [0.25, 0.3) is 11.2 Å². The normalized spacial score (nSPS) is 19.2. The second-order valence-electron chi connectivity index (χ2n) is 5.31. The van der Waals surface area contributed by atoms with Crippen molar-refractivity contribution < 1.29 is 4.74 Å². The van der Waals surface area contributed by atoms with Crippen molar-refractivity contribution in [2.24, 2.45) is 0 Å². The van der Waals surface area contributed by atoms with Crippen molar-refractivity contribution in [3.05, 3.63) is 11.5 Å². The van der Waals surface area contributed by atoms with E-state index in [2.05, 4.69) is 21.6 Å². The van der Waals surface area contributed by atoms with Crippen molar-refractivity contribution in [1.82, 2.24) is 19.3 Å². The number of imidazole rings is 1. The summed E-state index contributed by atoms with van der Waals surface area (Å²) in [4.78, 5) is 4.65. The first-order chi connectivity index (χ1) is 9.74. The topological polar surface area (TPSA) is 44.9 Å². The van der Waals surface area contributed by atoms with E-state index in [0.29, 0.717) is 12.0 Å². The molecule has 0 spiro atoms. The molecule has 3 rings (SSSR count).